The molecule has 0 bridgehead atoms. The van der Waals surface area contributed by atoms with E-state index in [0.717, 1.165) is 77.0 Å². The molecule has 0 amide bonds. The van der Waals surface area contributed by atoms with E-state index in [-0.39, 0.29) is 37.5 Å². The standard InChI is InChI=1S/C52H90O6/c1-4-7-10-13-16-19-22-24-25-26-27-29-30-33-36-39-42-45-51(54)57-48-49(47-56-50(53)44-41-38-35-32-21-18-15-12-9-6-3)58-52(55)46-43-40-37-34-31-28-23-20-17-14-11-8-5-2/h7,10,16,19,24-25,27,29,33,36,49H,4-6,8-9,11-15,17-18,20-23,26,28,30-32,34-35,37-48H2,1-3H3/b10-7-,19-16-,25-24-,29-27-,36-33-. The topological polar surface area (TPSA) is 78.9 Å². The van der Waals surface area contributed by atoms with Crippen LogP contribution in [0, 0.1) is 0 Å². The third-order valence-corrected chi connectivity index (χ3v) is 10.3. The van der Waals surface area contributed by atoms with Gasteiger partial charge in [0.05, 0.1) is 0 Å². The molecule has 0 aliphatic heterocycles. The molecule has 6 heteroatoms. The lowest BCUT2D eigenvalue weighted by Gasteiger charge is -2.18. The highest BCUT2D eigenvalue weighted by Crippen LogP contribution is 2.15. The largest absolute Gasteiger partial charge is 0.462 e. The Labute approximate surface area is 358 Å². The maximum atomic E-state index is 12.7. The number of hydrogen-bond acceptors (Lipinski definition) is 6. The number of carbonyl (C=O) groups excluding carboxylic acids is 3. The second kappa shape index (κ2) is 46.8. The molecule has 0 radical (unpaired) electrons. The van der Waals surface area contributed by atoms with Crippen molar-refractivity contribution in [3.05, 3.63) is 60.8 Å². The van der Waals surface area contributed by atoms with E-state index < -0.39 is 6.10 Å². The molecule has 1 unspecified atom stereocenters. The zero-order valence-electron chi connectivity index (χ0n) is 38.0. The summed E-state index contributed by atoms with van der Waals surface area (Å²) in [6.07, 6.45) is 56.3. The van der Waals surface area contributed by atoms with E-state index in [9.17, 15) is 14.4 Å². The van der Waals surface area contributed by atoms with Crippen molar-refractivity contribution >= 4 is 17.9 Å². The van der Waals surface area contributed by atoms with Gasteiger partial charge >= 0.3 is 17.9 Å². The summed E-state index contributed by atoms with van der Waals surface area (Å²) in [5.41, 5.74) is 0. The summed E-state index contributed by atoms with van der Waals surface area (Å²) in [6.45, 7) is 6.46. The number of ether oxygens (including phenoxy) is 3. The van der Waals surface area contributed by atoms with E-state index in [1.807, 2.05) is 0 Å². The Balaban J connectivity index is 4.44. The quantitative estimate of drug-likeness (QED) is 0.0264. The average molecular weight is 811 g/mol. The van der Waals surface area contributed by atoms with Crippen LogP contribution in [0.4, 0.5) is 0 Å². The zero-order chi connectivity index (χ0) is 42.3. The molecule has 1 atom stereocenters. The Morgan fingerprint density at radius 3 is 1.05 bits per heavy atom. The van der Waals surface area contributed by atoms with Crippen LogP contribution in [0.25, 0.3) is 0 Å². The van der Waals surface area contributed by atoms with Crippen molar-refractivity contribution in [3.8, 4) is 0 Å². The van der Waals surface area contributed by atoms with Crippen LogP contribution in [0.1, 0.15) is 233 Å². The Hall–Kier alpha value is -2.89. The van der Waals surface area contributed by atoms with Gasteiger partial charge in [0, 0.05) is 19.3 Å². The number of carbonyl (C=O) groups is 3. The maximum Gasteiger partial charge on any atom is 0.306 e. The molecule has 58 heavy (non-hydrogen) atoms. The molecule has 0 N–H and O–H groups in total. The number of unbranched alkanes of at least 4 members (excludes halogenated alkanes) is 22. The summed E-state index contributed by atoms with van der Waals surface area (Å²) < 4.78 is 16.7. The van der Waals surface area contributed by atoms with Gasteiger partial charge in [-0.3, -0.25) is 14.4 Å². The molecular weight excluding hydrogens is 721 g/mol. The minimum absolute atomic E-state index is 0.0890. The Kier molecular flexibility index (Phi) is 44.5. The number of allylic oxidation sites excluding steroid dienone is 10. The molecule has 0 saturated heterocycles. The van der Waals surface area contributed by atoms with Crippen molar-refractivity contribution in [2.45, 2.75) is 239 Å². The first kappa shape index (κ1) is 55.1. The molecule has 0 aliphatic rings. The van der Waals surface area contributed by atoms with Crippen LogP contribution >= 0.6 is 0 Å². The molecular formula is C52H90O6. The average Bonchev–Trinajstić information content (AvgIpc) is 3.22. The summed E-state index contributed by atoms with van der Waals surface area (Å²) in [5.74, 6) is -0.949. The lowest BCUT2D eigenvalue weighted by molar-refractivity contribution is -0.167. The van der Waals surface area contributed by atoms with E-state index in [1.165, 1.54) is 109 Å². The van der Waals surface area contributed by atoms with Crippen LogP contribution in [0.5, 0.6) is 0 Å². The zero-order valence-corrected chi connectivity index (χ0v) is 38.0. The minimum atomic E-state index is -0.791. The van der Waals surface area contributed by atoms with Crippen LogP contribution < -0.4 is 0 Å². The van der Waals surface area contributed by atoms with Gasteiger partial charge in [0.25, 0.3) is 0 Å². The highest BCUT2D eigenvalue weighted by atomic mass is 16.6. The van der Waals surface area contributed by atoms with Gasteiger partial charge in [-0.15, -0.1) is 0 Å². The summed E-state index contributed by atoms with van der Waals surface area (Å²) in [5, 5.41) is 0. The van der Waals surface area contributed by atoms with Crippen LogP contribution in [-0.2, 0) is 28.6 Å². The normalized spacial score (nSPS) is 12.5. The van der Waals surface area contributed by atoms with Gasteiger partial charge in [0.2, 0.25) is 0 Å². The first-order chi connectivity index (χ1) is 28.5. The summed E-state index contributed by atoms with van der Waals surface area (Å²) in [4.78, 5) is 37.8. The SMILES string of the molecule is CC/C=C\C/C=C\C/C=C\C/C=C\C/C=C\CCCC(=O)OCC(COC(=O)CCCCCCCCCCCC)OC(=O)CCCCCCCCCCCCCCC. The Morgan fingerprint density at radius 1 is 0.362 bits per heavy atom. The fraction of sp³-hybridized carbons (Fsp3) is 0.750. The van der Waals surface area contributed by atoms with Gasteiger partial charge in [-0.2, -0.15) is 0 Å². The Bertz CT molecular complexity index is 1070. The van der Waals surface area contributed by atoms with E-state index >= 15 is 0 Å². The van der Waals surface area contributed by atoms with Crippen molar-refractivity contribution < 1.29 is 28.6 Å². The molecule has 6 nitrogen and oxygen atoms in total. The first-order valence-corrected chi connectivity index (χ1v) is 24.3. The molecule has 0 aromatic rings. The van der Waals surface area contributed by atoms with Crippen LogP contribution in [-0.4, -0.2) is 37.2 Å². The summed E-state index contributed by atoms with van der Waals surface area (Å²) >= 11 is 0. The fourth-order valence-corrected chi connectivity index (χ4v) is 6.65. The lowest BCUT2D eigenvalue weighted by Crippen LogP contribution is -2.30. The second-order valence-corrected chi connectivity index (χ2v) is 16.0. The van der Waals surface area contributed by atoms with Crippen molar-refractivity contribution in [1.29, 1.82) is 0 Å². The molecule has 334 valence electrons. The molecule has 0 rings (SSSR count). The predicted octanol–water partition coefficient (Wildman–Crippen LogP) is 15.7. The third kappa shape index (κ3) is 44.2. The van der Waals surface area contributed by atoms with Crippen molar-refractivity contribution in [1.82, 2.24) is 0 Å². The highest BCUT2D eigenvalue weighted by molar-refractivity contribution is 5.71. The maximum absolute atomic E-state index is 12.7. The number of hydrogen-bond donors (Lipinski definition) is 0. The van der Waals surface area contributed by atoms with E-state index in [2.05, 4.69) is 81.5 Å². The molecule has 0 heterocycles. The van der Waals surface area contributed by atoms with Gasteiger partial charge in [-0.1, -0.05) is 216 Å². The lowest BCUT2D eigenvalue weighted by atomic mass is 10.0. The first-order valence-electron chi connectivity index (χ1n) is 24.3. The fourth-order valence-electron chi connectivity index (χ4n) is 6.65. The van der Waals surface area contributed by atoms with E-state index in [0.29, 0.717) is 19.3 Å². The molecule has 0 aromatic carbocycles. The van der Waals surface area contributed by atoms with Crippen molar-refractivity contribution in [2.24, 2.45) is 0 Å². The molecule has 0 fully saturated rings. The molecule has 0 aromatic heterocycles. The van der Waals surface area contributed by atoms with Crippen LogP contribution in [0.15, 0.2) is 60.8 Å². The number of rotatable bonds is 43. The molecule has 0 aliphatic carbocycles. The second-order valence-electron chi connectivity index (χ2n) is 16.0. The van der Waals surface area contributed by atoms with Crippen molar-refractivity contribution in [3.63, 3.8) is 0 Å². The smallest absolute Gasteiger partial charge is 0.306 e. The minimum Gasteiger partial charge on any atom is -0.462 e. The van der Waals surface area contributed by atoms with Crippen LogP contribution in [0.3, 0.4) is 0 Å². The highest BCUT2D eigenvalue weighted by Gasteiger charge is 2.19. The van der Waals surface area contributed by atoms with Crippen LogP contribution in [0.2, 0.25) is 0 Å². The summed E-state index contributed by atoms with van der Waals surface area (Å²) in [7, 11) is 0. The molecule has 0 spiro atoms. The number of esters is 3. The van der Waals surface area contributed by atoms with Gasteiger partial charge in [-0.25, -0.2) is 0 Å². The monoisotopic (exact) mass is 811 g/mol. The van der Waals surface area contributed by atoms with Crippen molar-refractivity contribution in [2.75, 3.05) is 13.2 Å². The van der Waals surface area contributed by atoms with Gasteiger partial charge < -0.3 is 14.2 Å². The van der Waals surface area contributed by atoms with Gasteiger partial charge in [0.15, 0.2) is 6.10 Å². The van der Waals surface area contributed by atoms with Gasteiger partial charge in [-0.05, 0) is 57.8 Å². The Morgan fingerprint density at radius 2 is 0.672 bits per heavy atom. The third-order valence-electron chi connectivity index (χ3n) is 10.3. The van der Waals surface area contributed by atoms with E-state index in [1.54, 1.807) is 0 Å². The van der Waals surface area contributed by atoms with Gasteiger partial charge in [0.1, 0.15) is 13.2 Å². The van der Waals surface area contributed by atoms with E-state index in [4.69, 9.17) is 14.2 Å². The predicted molar refractivity (Wildman–Crippen MR) is 247 cm³/mol. The summed E-state index contributed by atoms with van der Waals surface area (Å²) in [6, 6.07) is 0. The molecule has 0 saturated carbocycles.